The number of rotatable bonds is 4. The highest BCUT2D eigenvalue weighted by Gasteiger charge is 2.13. The molecule has 0 heterocycles. The summed E-state index contributed by atoms with van der Waals surface area (Å²) in [5, 5.41) is 0.795. The molecule has 88 valence electrons. The fraction of sp³-hybridized carbons (Fsp3) is 0.300. The molecule has 0 spiro atoms. The van der Waals surface area contributed by atoms with Crippen molar-refractivity contribution in [3.63, 3.8) is 0 Å². The van der Waals surface area contributed by atoms with E-state index in [0.29, 0.717) is 17.3 Å². The van der Waals surface area contributed by atoms with Crippen LogP contribution in [0.5, 0.6) is 5.75 Å². The molecule has 0 N–H and O–H groups in total. The highest BCUT2D eigenvalue weighted by Crippen LogP contribution is 2.35. The Morgan fingerprint density at radius 1 is 1.19 bits per heavy atom. The molecule has 0 saturated heterocycles. The van der Waals surface area contributed by atoms with Gasteiger partial charge in [0.15, 0.2) is 5.75 Å². The molecule has 16 heavy (non-hydrogen) atoms. The molecule has 6 heteroatoms. The van der Waals surface area contributed by atoms with Crippen LogP contribution in [-0.2, 0) is 4.79 Å². The number of ether oxygens (including phenoxy) is 1. The predicted octanol–water partition coefficient (Wildman–Crippen LogP) is 4.57. The average Bonchev–Trinajstić information content (AvgIpc) is 2.20. The third-order valence-electron chi connectivity index (χ3n) is 1.69. The van der Waals surface area contributed by atoms with Gasteiger partial charge in [0.05, 0.1) is 10.0 Å². The zero-order chi connectivity index (χ0) is 12.1. The van der Waals surface area contributed by atoms with Gasteiger partial charge in [-0.2, -0.15) is 0 Å². The number of carbonyl (C=O) groups excluding carboxylic acids is 1. The molecular weight excluding hydrogens is 294 g/mol. The van der Waals surface area contributed by atoms with E-state index in [1.165, 1.54) is 12.1 Å². The lowest BCUT2D eigenvalue weighted by atomic mass is 10.3. The fourth-order valence-electron chi connectivity index (χ4n) is 1.00. The number of benzene rings is 1. The number of hydrogen-bond acceptors (Lipinski definition) is 2. The third kappa shape index (κ3) is 4.02. The van der Waals surface area contributed by atoms with E-state index >= 15 is 0 Å². The van der Waals surface area contributed by atoms with Gasteiger partial charge in [-0.1, -0.05) is 34.8 Å². The quantitative estimate of drug-likeness (QED) is 0.462. The van der Waals surface area contributed by atoms with Crippen LogP contribution in [0.25, 0.3) is 0 Å². The molecule has 0 saturated carbocycles. The van der Waals surface area contributed by atoms with Crippen LogP contribution >= 0.6 is 46.4 Å². The van der Waals surface area contributed by atoms with Gasteiger partial charge in [0.2, 0.25) is 0 Å². The van der Waals surface area contributed by atoms with Crippen molar-refractivity contribution in [1.82, 2.24) is 0 Å². The van der Waals surface area contributed by atoms with Gasteiger partial charge in [0.1, 0.15) is 0 Å². The highest BCUT2D eigenvalue weighted by molar-refractivity contribution is 6.40. The molecule has 0 amide bonds. The minimum atomic E-state index is -0.424. The molecule has 0 bridgehead atoms. The number of carbonyl (C=O) groups is 1. The van der Waals surface area contributed by atoms with Gasteiger partial charge in [0, 0.05) is 17.3 Å². The van der Waals surface area contributed by atoms with Gasteiger partial charge in [-0.05, 0) is 18.6 Å². The molecule has 0 unspecified atom stereocenters. The maximum absolute atomic E-state index is 11.3. The Labute approximate surface area is 113 Å². The van der Waals surface area contributed by atoms with Gasteiger partial charge >= 0.3 is 5.97 Å². The topological polar surface area (TPSA) is 26.3 Å². The van der Waals surface area contributed by atoms with Crippen molar-refractivity contribution < 1.29 is 9.53 Å². The molecule has 2 nitrogen and oxygen atoms in total. The number of esters is 1. The van der Waals surface area contributed by atoms with Crippen molar-refractivity contribution in [3.8, 4) is 5.75 Å². The number of halogens is 4. The Morgan fingerprint density at radius 2 is 1.75 bits per heavy atom. The van der Waals surface area contributed by atoms with Crippen LogP contribution in [0.1, 0.15) is 12.8 Å². The number of alkyl halides is 1. The molecule has 0 radical (unpaired) electrons. The fourth-order valence-corrected chi connectivity index (χ4v) is 2.03. The van der Waals surface area contributed by atoms with Crippen LogP contribution in [0.4, 0.5) is 0 Å². The SMILES string of the molecule is O=C(CCCCl)Oc1c(Cl)cc(Cl)cc1Cl. The van der Waals surface area contributed by atoms with Gasteiger partial charge in [-0.25, -0.2) is 0 Å². The summed E-state index contributed by atoms with van der Waals surface area (Å²) in [7, 11) is 0. The maximum Gasteiger partial charge on any atom is 0.311 e. The summed E-state index contributed by atoms with van der Waals surface area (Å²) in [6.45, 7) is 0. The summed E-state index contributed by atoms with van der Waals surface area (Å²) in [4.78, 5) is 11.3. The van der Waals surface area contributed by atoms with E-state index in [1.54, 1.807) is 0 Å². The summed E-state index contributed by atoms with van der Waals surface area (Å²) in [5.41, 5.74) is 0. The van der Waals surface area contributed by atoms with E-state index in [0.717, 1.165) is 0 Å². The molecule has 1 rings (SSSR count). The molecule has 1 aromatic rings. The molecular formula is C10H8Cl4O2. The van der Waals surface area contributed by atoms with E-state index in [4.69, 9.17) is 51.1 Å². The lowest BCUT2D eigenvalue weighted by molar-refractivity contribution is -0.134. The van der Waals surface area contributed by atoms with Crippen LogP contribution in [-0.4, -0.2) is 11.8 Å². The second kappa shape index (κ2) is 6.55. The Bertz CT molecular complexity index is 369. The van der Waals surface area contributed by atoms with E-state index in [9.17, 15) is 4.79 Å². The third-order valence-corrected chi connectivity index (χ3v) is 2.74. The monoisotopic (exact) mass is 300 g/mol. The van der Waals surface area contributed by atoms with Gasteiger partial charge in [-0.15, -0.1) is 11.6 Å². The first-order valence-corrected chi connectivity index (χ1v) is 6.12. The van der Waals surface area contributed by atoms with Crippen LogP contribution in [0.3, 0.4) is 0 Å². The van der Waals surface area contributed by atoms with E-state index in [1.807, 2.05) is 0 Å². The van der Waals surface area contributed by atoms with Crippen LogP contribution in [0, 0.1) is 0 Å². The van der Waals surface area contributed by atoms with Crippen LogP contribution < -0.4 is 4.74 Å². The Hall–Kier alpha value is -0.150. The molecule has 0 aliphatic heterocycles. The second-order valence-electron chi connectivity index (χ2n) is 2.97. The van der Waals surface area contributed by atoms with Crippen LogP contribution in [0.15, 0.2) is 12.1 Å². The largest absolute Gasteiger partial charge is 0.423 e. The molecule has 0 fully saturated rings. The Kier molecular flexibility index (Phi) is 5.70. The van der Waals surface area contributed by atoms with Gasteiger partial charge < -0.3 is 4.74 Å². The molecule has 0 aromatic heterocycles. The maximum atomic E-state index is 11.3. The number of hydrogen-bond donors (Lipinski definition) is 0. The standard InChI is InChI=1S/C10H8Cl4O2/c11-3-1-2-9(15)16-10-7(13)4-6(12)5-8(10)14/h4-5H,1-3H2. The van der Waals surface area contributed by atoms with Crippen molar-refractivity contribution in [1.29, 1.82) is 0 Å². The van der Waals surface area contributed by atoms with Crippen molar-refractivity contribution in [2.24, 2.45) is 0 Å². The highest BCUT2D eigenvalue weighted by atomic mass is 35.5. The Balaban J connectivity index is 2.77. The normalized spacial score (nSPS) is 10.2. The summed E-state index contributed by atoms with van der Waals surface area (Å²) in [6.07, 6.45) is 0.766. The van der Waals surface area contributed by atoms with Gasteiger partial charge in [-0.3, -0.25) is 4.79 Å². The first-order valence-electron chi connectivity index (χ1n) is 4.45. The predicted molar refractivity (Wildman–Crippen MR) is 67.1 cm³/mol. The van der Waals surface area contributed by atoms with E-state index < -0.39 is 5.97 Å². The summed E-state index contributed by atoms with van der Waals surface area (Å²) >= 11 is 22.9. The lowest BCUT2D eigenvalue weighted by Gasteiger charge is -2.08. The van der Waals surface area contributed by atoms with Crippen LogP contribution in [0.2, 0.25) is 15.1 Å². The smallest absolute Gasteiger partial charge is 0.311 e. The second-order valence-corrected chi connectivity index (χ2v) is 4.59. The van der Waals surface area contributed by atoms with Crippen molar-refractivity contribution in [2.45, 2.75) is 12.8 Å². The van der Waals surface area contributed by atoms with Crippen molar-refractivity contribution in [2.75, 3.05) is 5.88 Å². The first-order chi connectivity index (χ1) is 7.54. The minimum absolute atomic E-state index is 0.132. The first kappa shape index (κ1) is 13.9. The molecule has 0 atom stereocenters. The van der Waals surface area contributed by atoms with Crippen molar-refractivity contribution in [3.05, 3.63) is 27.2 Å². The van der Waals surface area contributed by atoms with Gasteiger partial charge in [0.25, 0.3) is 0 Å². The Morgan fingerprint density at radius 3 is 2.25 bits per heavy atom. The summed E-state index contributed by atoms with van der Waals surface area (Å²) < 4.78 is 5.01. The minimum Gasteiger partial charge on any atom is -0.423 e. The molecule has 1 aromatic carbocycles. The molecule has 0 aliphatic carbocycles. The molecule has 0 aliphatic rings. The summed E-state index contributed by atoms with van der Waals surface area (Å²) in [5.74, 6) is 0.107. The average molecular weight is 302 g/mol. The zero-order valence-electron chi connectivity index (χ0n) is 8.10. The lowest BCUT2D eigenvalue weighted by Crippen LogP contribution is -2.08. The zero-order valence-corrected chi connectivity index (χ0v) is 11.1. The van der Waals surface area contributed by atoms with Crippen molar-refractivity contribution >= 4 is 52.4 Å². The van der Waals surface area contributed by atoms with E-state index in [-0.39, 0.29) is 22.2 Å². The van der Waals surface area contributed by atoms with E-state index in [2.05, 4.69) is 0 Å². The summed E-state index contributed by atoms with van der Waals surface area (Å²) in [6, 6.07) is 2.91.